The number of pyridine rings is 1. The average molecular weight is 323 g/mol. The smallest absolute Gasteiger partial charge is 0.355 e. The number of hydrogen-bond acceptors (Lipinski definition) is 3. The van der Waals surface area contributed by atoms with Crippen LogP contribution in [0.3, 0.4) is 0 Å². The minimum absolute atomic E-state index is 0.284. The number of halogens is 1. The van der Waals surface area contributed by atoms with Crippen molar-refractivity contribution in [2.75, 3.05) is 6.61 Å². The van der Waals surface area contributed by atoms with Gasteiger partial charge in [-0.25, -0.2) is 4.79 Å². The molecule has 0 unspecified atom stereocenters. The Labute approximate surface area is 120 Å². The van der Waals surface area contributed by atoms with E-state index < -0.39 is 0 Å². The minimum Gasteiger partial charge on any atom is -0.461 e. The molecule has 0 atom stereocenters. The summed E-state index contributed by atoms with van der Waals surface area (Å²) in [5.74, 6) is -0.284. The molecule has 2 rings (SSSR count). The maximum absolute atomic E-state index is 11.9. The molecule has 0 radical (unpaired) electrons. The zero-order chi connectivity index (χ0) is 13.8. The zero-order valence-corrected chi connectivity index (χ0v) is 12.5. The molecule has 19 heavy (non-hydrogen) atoms. The quantitative estimate of drug-likeness (QED) is 0.812. The third-order valence-electron chi connectivity index (χ3n) is 2.75. The Morgan fingerprint density at radius 1 is 1.47 bits per heavy atom. The summed E-state index contributed by atoms with van der Waals surface area (Å²) in [7, 11) is 0. The van der Waals surface area contributed by atoms with Crippen LogP contribution in [0.1, 0.15) is 28.5 Å². The maximum atomic E-state index is 11.9. The van der Waals surface area contributed by atoms with Crippen LogP contribution in [-0.4, -0.2) is 22.1 Å². The fourth-order valence-electron chi connectivity index (χ4n) is 1.93. The van der Waals surface area contributed by atoms with Crippen molar-refractivity contribution in [3.8, 4) is 0 Å². The summed E-state index contributed by atoms with van der Waals surface area (Å²) in [6.45, 7) is 4.68. The molecule has 0 fully saturated rings. The summed E-state index contributed by atoms with van der Waals surface area (Å²) < 4.78 is 7.89. The number of aromatic nitrogens is 2. The van der Waals surface area contributed by atoms with Gasteiger partial charge in [0.05, 0.1) is 6.61 Å². The van der Waals surface area contributed by atoms with Crippen LogP contribution in [0.4, 0.5) is 0 Å². The lowest BCUT2D eigenvalue weighted by atomic mass is 10.2. The van der Waals surface area contributed by atoms with Gasteiger partial charge in [-0.15, -0.1) is 0 Å². The summed E-state index contributed by atoms with van der Waals surface area (Å²) in [6, 6.07) is 3.90. The Morgan fingerprint density at radius 3 is 2.95 bits per heavy atom. The fourth-order valence-corrected chi connectivity index (χ4v) is 2.34. The van der Waals surface area contributed by atoms with E-state index in [-0.39, 0.29) is 5.97 Å². The van der Waals surface area contributed by atoms with Crippen molar-refractivity contribution in [3.63, 3.8) is 0 Å². The standard InChI is InChI=1S/C14H15BrN2O2/c1-3-19-14(18)13-10(2)4-5-17(13)9-11-6-12(15)8-16-7-11/h4-8H,3,9H2,1-2H3. The van der Waals surface area contributed by atoms with Gasteiger partial charge in [0.15, 0.2) is 0 Å². The number of aryl methyl sites for hydroxylation is 1. The van der Waals surface area contributed by atoms with Crippen LogP contribution in [0.5, 0.6) is 0 Å². The lowest BCUT2D eigenvalue weighted by Gasteiger charge is -2.09. The molecule has 0 aliphatic heterocycles. The van der Waals surface area contributed by atoms with Crippen LogP contribution in [0, 0.1) is 6.92 Å². The van der Waals surface area contributed by atoms with Gasteiger partial charge in [0, 0.05) is 29.6 Å². The van der Waals surface area contributed by atoms with Gasteiger partial charge in [-0.1, -0.05) is 0 Å². The molecule has 0 N–H and O–H groups in total. The first-order valence-corrected chi connectivity index (χ1v) is 6.83. The number of carbonyl (C=O) groups is 1. The van der Waals surface area contributed by atoms with Crippen LogP contribution >= 0.6 is 15.9 Å². The first-order valence-electron chi connectivity index (χ1n) is 6.04. The molecule has 0 aliphatic rings. The van der Waals surface area contributed by atoms with Gasteiger partial charge < -0.3 is 9.30 Å². The molecule has 0 aromatic carbocycles. The van der Waals surface area contributed by atoms with Crippen molar-refractivity contribution in [2.45, 2.75) is 20.4 Å². The van der Waals surface area contributed by atoms with Crippen LogP contribution < -0.4 is 0 Å². The molecular formula is C14H15BrN2O2. The Hall–Kier alpha value is -1.62. The summed E-state index contributed by atoms with van der Waals surface area (Å²) >= 11 is 3.39. The van der Waals surface area contributed by atoms with Gasteiger partial charge in [0.25, 0.3) is 0 Å². The van der Waals surface area contributed by atoms with Crippen LogP contribution in [0.15, 0.2) is 35.2 Å². The molecule has 4 nitrogen and oxygen atoms in total. The second-order valence-electron chi connectivity index (χ2n) is 4.21. The first kappa shape index (κ1) is 13.8. The monoisotopic (exact) mass is 322 g/mol. The van der Waals surface area contributed by atoms with E-state index in [1.807, 2.05) is 29.8 Å². The normalized spacial score (nSPS) is 10.5. The van der Waals surface area contributed by atoms with E-state index >= 15 is 0 Å². The van der Waals surface area contributed by atoms with Gasteiger partial charge in [-0.3, -0.25) is 4.98 Å². The van der Waals surface area contributed by atoms with Crippen LogP contribution in [0.2, 0.25) is 0 Å². The molecule has 0 spiro atoms. The van der Waals surface area contributed by atoms with Gasteiger partial charge in [0.2, 0.25) is 0 Å². The van der Waals surface area contributed by atoms with E-state index in [2.05, 4.69) is 20.9 Å². The Kier molecular flexibility index (Phi) is 4.37. The van der Waals surface area contributed by atoms with Crippen molar-refractivity contribution in [1.29, 1.82) is 0 Å². The molecule has 0 aliphatic carbocycles. The topological polar surface area (TPSA) is 44.1 Å². The summed E-state index contributed by atoms with van der Waals surface area (Å²) in [5.41, 5.74) is 2.54. The number of carbonyl (C=O) groups excluding carboxylic acids is 1. The molecule has 2 aromatic rings. The fraction of sp³-hybridized carbons (Fsp3) is 0.286. The van der Waals surface area contributed by atoms with Gasteiger partial charge >= 0.3 is 5.97 Å². The maximum Gasteiger partial charge on any atom is 0.355 e. The molecule has 5 heteroatoms. The summed E-state index contributed by atoms with van der Waals surface area (Å²) in [5, 5.41) is 0. The molecule has 2 aromatic heterocycles. The van der Waals surface area contributed by atoms with E-state index in [9.17, 15) is 4.79 Å². The summed E-state index contributed by atoms with van der Waals surface area (Å²) in [4.78, 5) is 16.1. The second kappa shape index (κ2) is 6.02. The molecule has 2 heterocycles. The molecule has 100 valence electrons. The Bertz CT molecular complexity index is 593. The highest BCUT2D eigenvalue weighted by Gasteiger charge is 2.15. The number of esters is 1. The lowest BCUT2D eigenvalue weighted by molar-refractivity contribution is 0.0513. The van der Waals surface area contributed by atoms with E-state index in [4.69, 9.17) is 4.74 Å². The minimum atomic E-state index is -0.284. The van der Waals surface area contributed by atoms with Crippen molar-refractivity contribution >= 4 is 21.9 Å². The highest BCUT2D eigenvalue weighted by Crippen LogP contribution is 2.16. The number of ether oxygens (including phenoxy) is 1. The molecule has 0 saturated heterocycles. The van der Waals surface area contributed by atoms with E-state index in [1.54, 1.807) is 19.3 Å². The van der Waals surface area contributed by atoms with Gasteiger partial charge in [-0.2, -0.15) is 0 Å². The third kappa shape index (κ3) is 3.23. The first-order chi connectivity index (χ1) is 9.11. The molecule has 0 bridgehead atoms. The SMILES string of the molecule is CCOC(=O)c1c(C)ccn1Cc1cncc(Br)c1. The lowest BCUT2D eigenvalue weighted by Crippen LogP contribution is -2.13. The zero-order valence-electron chi connectivity index (χ0n) is 10.9. The number of rotatable bonds is 4. The average Bonchev–Trinajstić information content (AvgIpc) is 2.71. The second-order valence-corrected chi connectivity index (χ2v) is 5.12. The highest BCUT2D eigenvalue weighted by molar-refractivity contribution is 9.10. The van der Waals surface area contributed by atoms with Crippen molar-refractivity contribution in [2.24, 2.45) is 0 Å². The van der Waals surface area contributed by atoms with E-state index in [0.29, 0.717) is 18.8 Å². The van der Waals surface area contributed by atoms with Gasteiger partial charge in [-0.05, 0) is 53.0 Å². The molecule has 0 amide bonds. The van der Waals surface area contributed by atoms with Crippen LogP contribution in [-0.2, 0) is 11.3 Å². The molecular weight excluding hydrogens is 308 g/mol. The number of nitrogens with zero attached hydrogens (tertiary/aromatic N) is 2. The predicted molar refractivity (Wildman–Crippen MR) is 76.2 cm³/mol. The Balaban J connectivity index is 2.28. The van der Waals surface area contributed by atoms with E-state index in [1.165, 1.54) is 0 Å². The predicted octanol–water partition coefficient (Wildman–Crippen LogP) is 3.18. The van der Waals surface area contributed by atoms with Crippen molar-refractivity contribution < 1.29 is 9.53 Å². The van der Waals surface area contributed by atoms with Crippen molar-refractivity contribution in [3.05, 3.63) is 52.0 Å². The highest BCUT2D eigenvalue weighted by atomic mass is 79.9. The third-order valence-corrected chi connectivity index (χ3v) is 3.18. The van der Waals surface area contributed by atoms with Gasteiger partial charge in [0.1, 0.15) is 5.69 Å². The number of hydrogen-bond donors (Lipinski definition) is 0. The largest absolute Gasteiger partial charge is 0.461 e. The van der Waals surface area contributed by atoms with E-state index in [0.717, 1.165) is 15.6 Å². The molecule has 0 saturated carbocycles. The van der Waals surface area contributed by atoms with Crippen molar-refractivity contribution in [1.82, 2.24) is 9.55 Å². The summed E-state index contributed by atoms with van der Waals surface area (Å²) in [6.07, 6.45) is 5.41. The van der Waals surface area contributed by atoms with Crippen LogP contribution in [0.25, 0.3) is 0 Å². The Morgan fingerprint density at radius 2 is 2.26 bits per heavy atom.